The smallest absolute Gasteiger partial charge is 0.258 e. The van der Waals surface area contributed by atoms with Crippen molar-refractivity contribution in [2.45, 2.75) is 31.7 Å². The summed E-state index contributed by atoms with van der Waals surface area (Å²) in [6, 6.07) is 5.82. The summed E-state index contributed by atoms with van der Waals surface area (Å²) in [6.07, 6.45) is 4.51. The number of amides is 1. The molecule has 4 nitrogen and oxygen atoms in total. The highest BCUT2D eigenvalue weighted by Crippen LogP contribution is 2.35. The molecule has 3 rings (SSSR count). The van der Waals surface area contributed by atoms with Crippen molar-refractivity contribution in [3.05, 3.63) is 23.8 Å². The van der Waals surface area contributed by atoms with E-state index < -0.39 is 0 Å². The van der Waals surface area contributed by atoms with Crippen molar-refractivity contribution in [2.75, 3.05) is 25.1 Å². The lowest BCUT2D eigenvalue weighted by molar-refractivity contribution is 0.0692. The van der Waals surface area contributed by atoms with Gasteiger partial charge in [-0.3, -0.25) is 4.79 Å². The van der Waals surface area contributed by atoms with E-state index in [2.05, 4.69) is 15.9 Å². The Labute approximate surface area is 133 Å². The minimum absolute atomic E-state index is 0.0590. The van der Waals surface area contributed by atoms with Crippen LogP contribution in [0.3, 0.4) is 0 Å². The van der Waals surface area contributed by atoms with Crippen LogP contribution in [0.2, 0.25) is 0 Å². The number of ether oxygens (including phenoxy) is 2. The molecule has 1 saturated heterocycles. The van der Waals surface area contributed by atoms with Crippen LogP contribution in [0.25, 0.3) is 0 Å². The highest BCUT2D eigenvalue weighted by atomic mass is 79.9. The van der Waals surface area contributed by atoms with Crippen LogP contribution in [0.5, 0.6) is 11.5 Å². The van der Waals surface area contributed by atoms with E-state index in [4.69, 9.17) is 9.47 Å². The molecule has 21 heavy (non-hydrogen) atoms. The summed E-state index contributed by atoms with van der Waals surface area (Å²) in [7, 11) is 0. The minimum atomic E-state index is 0.0590. The van der Waals surface area contributed by atoms with Crippen LogP contribution in [0.1, 0.15) is 36.0 Å². The molecule has 0 spiro atoms. The number of hydrogen-bond donors (Lipinski definition) is 0. The van der Waals surface area contributed by atoms with Gasteiger partial charge in [0.15, 0.2) is 11.5 Å². The third-order valence-electron chi connectivity index (χ3n) is 4.11. The second-order valence-corrected chi connectivity index (χ2v) is 6.13. The molecule has 1 aromatic carbocycles. The summed E-state index contributed by atoms with van der Waals surface area (Å²) < 4.78 is 11.3. The maximum Gasteiger partial charge on any atom is 0.258 e. The number of benzene rings is 1. The van der Waals surface area contributed by atoms with E-state index in [1.54, 1.807) is 0 Å². The molecule has 0 aromatic heterocycles. The SMILES string of the molecule is O=C(c1cccc2c1OCCO2)N1CCCCCC1CBr. The molecule has 5 heteroatoms. The average Bonchev–Trinajstić information content (AvgIpc) is 2.79. The number of likely N-dealkylation sites (tertiary alicyclic amines) is 1. The number of para-hydroxylation sites is 1. The van der Waals surface area contributed by atoms with Gasteiger partial charge in [0, 0.05) is 17.9 Å². The molecule has 2 aliphatic heterocycles. The maximum absolute atomic E-state index is 13.0. The number of nitrogens with zero attached hydrogens (tertiary/aromatic N) is 1. The molecule has 1 aromatic rings. The van der Waals surface area contributed by atoms with Gasteiger partial charge < -0.3 is 14.4 Å². The van der Waals surface area contributed by atoms with Gasteiger partial charge in [-0.05, 0) is 25.0 Å². The van der Waals surface area contributed by atoms with Gasteiger partial charge in [0.2, 0.25) is 0 Å². The summed E-state index contributed by atoms with van der Waals surface area (Å²) in [6.45, 7) is 1.86. The van der Waals surface area contributed by atoms with Crippen LogP contribution >= 0.6 is 15.9 Å². The van der Waals surface area contributed by atoms with E-state index in [1.807, 2.05) is 23.1 Å². The Balaban J connectivity index is 1.90. The molecular weight excluding hydrogens is 334 g/mol. The predicted octanol–water partition coefficient (Wildman–Crippen LogP) is 3.24. The summed E-state index contributed by atoms with van der Waals surface area (Å²) in [4.78, 5) is 15.0. The second-order valence-electron chi connectivity index (χ2n) is 5.49. The number of alkyl halides is 1. The number of halogens is 1. The molecule has 1 fully saturated rings. The Morgan fingerprint density at radius 1 is 1.24 bits per heavy atom. The van der Waals surface area contributed by atoms with Gasteiger partial charge in [0.05, 0.1) is 5.56 Å². The van der Waals surface area contributed by atoms with Crippen molar-refractivity contribution in [3.63, 3.8) is 0 Å². The Morgan fingerprint density at radius 2 is 2.10 bits per heavy atom. The molecule has 0 aliphatic carbocycles. The van der Waals surface area contributed by atoms with Crippen LogP contribution in [0.4, 0.5) is 0 Å². The molecule has 0 N–H and O–H groups in total. The van der Waals surface area contributed by atoms with Crippen molar-refractivity contribution < 1.29 is 14.3 Å². The topological polar surface area (TPSA) is 38.8 Å². The molecule has 0 bridgehead atoms. The first-order valence-electron chi connectivity index (χ1n) is 7.57. The van der Waals surface area contributed by atoms with E-state index in [0.717, 1.165) is 24.7 Å². The Hall–Kier alpha value is -1.23. The van der Waals surface area contributed by atoms with E-state index in [9.17, 15) is 4.79 Å². The lowest BCUT2D eigenvalue weighted by Gasteiger charge is -2.30. The molecule has 0 radical (unpaired) electrons. The molecular formula is C16H20BrNO3. The number of rotatable bonds is 2. The first kappa shape index (κ1) is 14.7. The number of hydrogen-bond acceptors (Lipinski definition) is 3. The summed E-state index contributed by atoms with van der Waals surface area (Å²) >= 11 is 3.55. The zero-order chi connectivity index (χ0) is 14.7. The van der Waals surface area contributed by atoms with Gasteiger partial charge >= 0.3 is 0 Å². The van der Waals surface area contributed by atoms with Gasteiger partial charge in [-0.25, -0.2) is 0 Å². The van der Waals surface area contributed by atoms with Gasteiger partial charge in [-0.2, -0.15) is 0 Å². The quantitative estimate of drug-likeness (QED) is 0.766. The van der Waals surface area contributed by atoms with Gasteiger partial charge in [0.1, 0.15) is 13.2 Å². The predicted molar refractivity (Wildman–Crippen MR) is 84.5 cm³/mol. The van der Waals surface area contributed by atoms with Crippen LogP contribution in [0, 0.1) is 0 Å². The first-order chi connectivity index (χ1) is 10.3. The third kappa shape index (κ3) is 3.03. The van der Waals surface area contributed by atoms with E-state index in [1.165, 1.54) is 12.8 Å². The highest BCUT2D eigenvalue weighted by Gasteiger charge is 2.29. The molecule has 2 heterocycles. The van der Waals surface area contributed by atoms with Crippen molar-refractivity contribution in [2.24, 2.45) is 0 Å². The fraction of sp³-hybridized carbons (Fsp3) is 0.562. The fourth-order valence-corrected chi connectivity index (χ4v) is 3.68. The van der Waals surface area contributed by atoms with E-state index in [-0.39, 0.29) is 11.9 Å². The Kier molecular flexibility index (Phi) is 4.68. The summed E-state index contributed by atoms with van der Waals surface area (Å²) in [5.74, 6) is 1.34. The summed E-state index contributed by atoms with van der Waals surface area (Å²) in [5.41, 5.74) is 0.625. The standard InChI is InChI=1S/C16H20BrNO3/c17-11-12-5-2-1-3-8-18(12)16(19)13-6-4-7-14-15(13)21-10-9-20-14/h4,6-7,12H,1-3,5,8-11H2. The summed E-state index contributed by atoms with van der Waals surface area (Å²) in [5, 5.41) is 0.825. The zero-order valence-electron chi connectivity index (χ0n) is 12.0. The Morgan fingerprint density at radius 3 is 2.95 bits per heavy atom. The van der Waals surface area contributed by atoms with E-state index in [0.29, 0.717) is 30.3 Å². The van der Waals surface area contributed by atoms with Gasteiger partial charge in [-0.15, -0.1) is 0 Å². The molecule has 0 saturated carbocycles. The van der Waals surface area contributed by atoms with Crippen LogP contribution in [0.15, 0.2) is 18.2 Å². The highest BCUT2D eigenvalue weighted by molar-refractivity contribution is 9.09. The monoisotopic (exact) mass is 353 g/mol. The first-order valence-corrected chi connectivity index (χ1v) is 8.69. The lowest BCUT2D eigenvalue weighted by atomic mass is 10.1. The lowest BCUT2D eigenvalue weighted by Crippen LogP contribution is -2.41. The molecule has 1 amide bonds. The zero-order valence-corrected chi connectivity index (χ0v) is 13.6. The van der Waals surface area contributed by atoms with Gasteiger partial charge in [0.25, 0.3) is 5.91 Å². The minimum Gasteiger partial charge on any atom is -0.486 e. The second kappa shape index (κ2) is 6.69. The number of carbonyl (C=O) groups excluding carboxylic acids is 1. The molecule has 2 aliphatic rings. The molecule has 114 valence electrons. The molecule has 1 atom stereocenters. The van der Waals surface area contributed by atoms with Crippen LogP contribution < -0.4 is 9.47 Å². The number of carbonyl (C=O) groups is 1. The number of fused-ring (bicyclic) bond motifs is 1. The van der Waals surface area contributed by atoms with Crippen LogP contribution in [-0.4, -0.2) is 41.9 Å². The average molecular weight is 354 g/mol. The normalized spacial score (nSPS) is 21.8. The Bertz CT molecular complexity index is 520. The van der Waals surface area contributed by atoms with Crippen LogP contribution in [-0.2, 0) is 0 Å². The third-order valence-corrected chi connectivity index (χ3v) is 4.86. The van der Waals surface area contributed by atoms with E-state index >= 15 is 0 Å². The van der Waals surface area contributed by atoms with Crippen molar-refractivity contribution in [1.29, 1.82) is 0 Å². The maximum atomic E-state index is 13.0. The largest absolute Gasteiger partial charge is 0.486 e. The van der Waals surface area contributed by atoms with Gasteiger partial charge in [-0.1, -0.05) is 34.8 Å². The molecule has 1 unspecified atom stereocenters. The van der Waals surface area contributed by atoms with Crippen molar-refractivity contribution >= 4 is 21.8 Å². The fourth-order valence-electron chi connectivity index (χ4n) is 3.00. The van der Waals surface area contributed by atoms with Crippen molar-refractivity contribution in [3.8, 4) is 11.5 Å². The van der Waals surface area contributed by atoms with Crippen molar-refractivity contribution in [1.82, 2.24) is 4.90 Å².